The number of aryl methyl sites for hydroxylation is 1. The van der Waals surface area contributed by atoms with Gasteiger partial charge < -0.3 is 4.85 Å². The van der Waals surface area contributed by atoms with Gasteiger partial charge in [-0.3, -0.25) is 0 Å². The first kappa shape index (κ1) is 8.95. The summed E-state index contributed by atoms with van der Waals surface area (Å²) in [6.45, 7) is 8.94. The second-order valence-electron chi connectivity index (χ2n) is 2.36. The van der Waals surface area contributed by atoms with Gasteiger partial charge >= 0.3 is 0 Å². The van der Waals surface area contributed by atoms with Gasteiger partial charge in [0.1, 0.15) is 11.5 Å². The fraction of sp³-hybridized carbons (Fsp3) is 0.375. The average Bonchev–Trinajstić information content (AvgIpc) is 2.04. The molecule has 0 radical (unpaired) electrons. The monoisotopic (exact) mass is 181 g/mol. The van der Waals surface area contributed by atoms with Crippen molar-refractivity contribution in [3.05, 3.63) is 34.2 Å². The Balaban J connectivity index is 2.90. The van der Waals surface area contributed by atoms with E-state index in [0.29, 0.717) is 18.1 Å². The molecule has 1 aromatic heterocycles. The molecule has 0 aliphatic rings. The van der Waals surface area contributed by atoms with Crippen LogP contribution in [0.3, 0.4) is 0 Å². The zero-order chi connectivity index (χ0) is 8.97. The second kappa shape index (κ2) is 4.03. The summed E-state index contributed by atoms with van der Waals surface area (Å²) in [4.78, 5) is 11.1. The van der Waals surface area contributed by atoms with Crippen molar-refractivity contribution in [2.75, 3.05) is 6.54 Å². The number of nitrogens with zero attached hydrogens (tertiary/aromatic N) is 3. The van der Waals surface area contributed by atoms with Crippen LogP contribution < -0.4 is 0 Å². The number of rotatable bonds is 2. The number of hydrogen-bond acceptors (Lipinski definition) is 2. The molecular formula is C8H8ClN3. The Kier molecular flexibility index (Phi) is 3.01. The first-order valence-corrected chi connectivity index (χ1v) is 3.92. The van der Waals surface area contributed by atoms with Gasteiger partial charge in [0.25, 0.3) is 0 Å². The van der Waals surface area contributed by atoms with Crippen molar-refractivity contribution < 1.29 is 0 Å². The minimum absolute atomic E-state index is 0.438. The van der Waals surface area contributed by atoms with Gasteiger partial charge in [0.15, 0.2) is 0 Å². The van der Waals surface area contributed by atoms with Gasteiger partial charge in [-0.1, -0.05) is 11.6 Å². The maximum Gasteiger partial charge on any atom is 0.218 e. The average molecular weight is 182 g/mol. The van der Waals surface area contributed by atoms with Gasteiger partial charge in [-0.15, -0.1) is 0 Å². The Bertz CT molecular complexity index is 296. The maximum absolute atomic E-state index is 6.63. The highest BCUT2D eigenvalue weighted by Gasteiger charge is 2.06. The molecule has 0 saturated carbocycles. The topological polar surface area (TPSA) is 30.1 Å². The first-order chi connectivity index (χ1) is 5.75. The largest absolute Gasteiger partial charge is 0.317 e. The molecule has 0 saturated heterocycles. The Morgan fingerprint density at radius 3 is 2.92 bits per heavy atom. The van der Waals surface area contributed by atoms with Crippen molar-refractivity contribution >= 4 is 11.6 Å². The van der Waals surface area contributed by atoms with E-state index in [0.717, 1.165) is 11.3 Å². The quantitative estimate of drug-likeness (QED) is 0.515. The van der Waals surface area contributed by atoms with E-state index in [4.69, 9.17) is 18.2 Å². The molecule has 62 valence electrons. The van der Waals surface area contributed by atoms with Crippen LogP contribution in [0, 0.1) is 13.5 Å². The van der Waals surface area contributed by atoms with Crippen LogP contribution in [-0.4, -0.2) is 16.5 Å². The Labute approximate surface area is 76.2 Å². The van der Waals surface area contributed by atoms with E-state index in [1.54, 1.807) is 0 Å². The van der Waals surface area contributed by atoms with Crippen molar-refractivity contribution in [1.82, 2.24) is 9.97 Å². The third-order valence-electron chi connectivity index (χ3n) is 1.58. The summed E-state index contributed by atoms with van der Waals surface area (Å²) < 4.78 is 0. The van der Waals surface area contributed by atoms with E-state index in [1.165, 1.54) is 6.33 Å². The van der Waals surface area contributed by atoms with E-state index in [2.05, 4.69) is 14.8 Å². The summed E-state index contributed by atoms with van der Waals surface area (Å²) in [6, 6.07) is 0. The molecule has 3 nitrogen and oxygen atoms in total. The first-order valence-electron chi connectivity index (χ1n) is 3.55. The molecule has 0 aliphatic heterocycles. The van der Waals surface area contributed by atoms with Crippen LogP contribution in [0.15, 0.2) is 6.33 Å². The Morgan fingerprint density at radius 1 is 1.58 bits per heavy atom. The lowest BCUT2D eigenvalue weighted by molar-refractivity contribution is 0.974. The van der Waals surface area contributed by atoms with Gasteiger partial charge in [0.2, 0.25) is 6.54 Å². The van der Waals surface area contributed by atoms with Crippen LogP contribution in [0.25, 0.3) is 4.85 Å². The fourth-order valence-corrected chi connectivity index (χ4v) is 1.20. The van der Waals surface area contributed by atoms with Crippen molar-refractivity contribution in [2.24, 2.45) is 0 Å². The van der Waals surface area contributed by atoms with Gasteiger partial charge in [-0.25, -0.2) is 16.5 Å². The summed E-state index contributed by atoms with van der Waals surface area (Å²) in [5, 5.41) is 0.464. The van der Waals surface area contributed by atoms with Gasteiger partial charge in [-0.05, 0) is 6.92 Å². The van der Waals surface area contributed by atoms with Crippen molar-refractivity contribution in [2.45, 2.75) is 13.3 Å². The molecule has 4 heteroatoms. The third-order valence-corrected chi connectivity index (χ3v) is 1.91. The van der Waals surface area contributed by atoms with E-state index in [1.807, 2.05) is 6.92 Å². The van der Waals surface area contributed by atoms with E-state index < -0.39 is 0 Å². The predicted molar refractivity (Wildman–Crippen MR) is 47.0 cm³/mol. The van der Waals surface area contributed by atoms with E-state index >= 15 is 0 Å². The zero-order valence-corrected chi connectivity index (χ0v) is 7.47. The van der Waals surface area contributed by atoms with Gasteiger partial charge in [-0.2, -0.15) is 0 Å². The lowest BCUT2D eigenvalue weighted by atomic mass is 10.2. The SMILES string of the molecule is [C-]#[N+]CCc1c(C)ncnc1Cl. The molecule has 1 heterocycles. The molecular weight excluding hydrogens is 174 g/mol. The molecule has 0 spiro atoms. The Morgan fingerprint density at radius 2 is 2.33 bits per heavy atom. The molecule has 0 unspecified atom stereocenters. The summed E-state index contributed by atoms with van der Waals surface area (Å²) in [7, 11) is 0. The van der Waals surface area contributed by atoms with Crippen LogP contribution in [0.1, 0.15) is 11.3 Å². The molecule has 0 bridgehead atoms. The van der Waals surface area contributed by atoms with E-state index in [9.17, 15) is 0 Å². The molecule has 0 amide bonds. The van der Waals surface area contributed by atoms with Crippen molar-refractivity contribution in [1.29, 1.82) is 0 Å². The molecule has 1 rings (SSSR count). The predicted octanol–water partition coefficient (Wildman–Crippen LogP) is 1.90. The van der Waals surface area contributed by atoms with Crippen LogP contribution in [0.5, 0.6) is 0 Å². The molecule has 0 aliphatic carbocycles. The molecule has 12 heavy (non-hydrogen) atoms. The molecule has 0 N–H and O–H groups in total. The van der Waals surface area contributed by atoms with Crippen molar-refractivity contribution in [3.63, 3.8) is 0 Å². The molecule has 0 aromatic carbocycles. The van der Waals surface area contributed by atoms with Gasteiger partial charge in [0, 0.05) is 17.7 Å². The summed E-state index contributed by atoms with van der Waals surface area (Å²) in [5.41, 5.74) is 1.74. The molecule has 0 fully saturated rings. The minimum atomic E-state index is 0.438. The normalized spacial score (nSPS) is 9.42. The summed E-state index contributed by atoms with van der Waals surface area (Å²) >= 11 is 5.81. The summed E-state index contributed by atoms with van der Waals surface area (Å²) in [6.07, 6.45) is 2.06. The zero-order valence-electron chi connectivity index (χ0n) is 6.71. The van der Waals surface area contributed by atoms with Crippen LogP contribution in [0.2, 0.25) is 5.15 Å². The van der Waals surface area contributed by atoms with Crippen molar-refractivity contribution in [3.8, 4) is 0 Å². The lowest BCUT2D eigenvalue weighted by Gasteiger charge is -2.01. The highest BCUT2D eigenvalue weighted by molar-refractivity contribution is 6.30. The third kappa shape index (κ3) is 1.93. The minimum Gasteiger partial charge on any atom is -0.317 e. The second-order valence-corrected chi connectivity index (χ2v) is 2.72. The fourth-order valence-electron chi connectivity index (χ4n) is 0.923. The van der Waals surface area contributed by atoms with Crippen LogP contribution >= 0.6 is 11.6 Å². The highest BCUT2D eigenvalue weighted by atomic mass is 35.5. The Hall–Kier alpha value is -1.14. The maximum atomic E-state index is 6.63. The van der Waals surface area contributed by atoms with Crippen LogP contribution in [-0.2, 0) is 6.42 Å². The lowest BCUT2D eigenvalue weighted by Crippen LogP contribution is -1.97. The standard InChI is InChI=1S/C8H8ClN3/c1-6-7(3-4-10-2)8(9)12-5-11-6/h5H,3-4H2,1H3. The summed E-state index contributed by atoms with van der Waals surface area (Å²) in [5.74, 6) is 0. The molecule has 1 aromatic rings. The number of hydrogen-bond donors (Lipinski definition) is 0. The van der Waals surface area contributed by atoms with Crippen LogP contribution in [0.4, 0.5) is 0 Å². The highest BCUT2D eigenvalue weighted by Crippen LogP contribution is 2.14. The molecule has 0 atom stereocenters. The number of aromatic nitrogens is 2. The number of halogens is 1. The van der Waals surface area contributed by atoms with E-state index in [-0.39, 0.29) is 0 Å². The van der Waals surface area contributed by atoms with Gasteiger partial charge in [0.05, 0.1) is 0 Å². The smallest absolute Gasteiger partial charge is 0.218 e.